The van der Waals surface area contributed by atoms with Gasteiger partial charge in [0.05, 0.1) is 11.0 Å². The van der Waals surface area contributed by atoms with E-state index in [9.17, 15) is 0 Å². The summed E-state index contributed by atoms with van der Waals surface area (Å²) in [5.41, 5.74) is 10.5. The van der Waals surface area contributed by atoms with Crippen molar-refractivity contribution in [2.45, 2.75) is 0 Å². The van der Waals surface area contributed by atoms with Crippen LogP contribution in [0.3, 0.4) is 0 Å². The normalized spacial score (nSPS) is 11.5. The number of imidazole rings is 1. The molecule has 0 bridgehead atoms. The number of benzene rings is 7. The first-order valence-corrected chi connectivity index (χ1v) is 17.2. The van der Waals surface area contributed by atoms with Gasteiger partial charge in [-0.1, -0.05) is 121 Å². The van der Waals surface area contributed by atoms with Crippen LogP contribution in [-0.2, 0) is 0 Å². The van der Waals surface area contributed by atoms with Gasteiger partial charge in [0.1, 0.15) is 17.0 Å². The van der Waals surface area contributed by atoms with E-state index in [-0.39, 0.29) is 0 Å². The fourth-order valence-electron chi connectivity index (χ4n) is 7.02. The van der Waals surface area contributed by atoms with Gasteiger partial charge in [-0.2, -0.15) is 0 Å². The SMILES string of the molecule is c1ccc(-c2cccc(-c3nc(-c4ccccc4)nc(-c4cccc5oc6ccc(-c7nc8ccccc8n7-c7ccccc7)cc6c45)n3)c2)cc1. The van der Waals surface area contributed by atoms with Gasteiger partial charge in [-0.3, -0.25) is 4.57 Å². The molecule has 0 N–H and O–H groups in total. The zero-order valence-electron chi connectivity index (χ0n) is 27.9. The molecule has 0 amide bonds. The summed E-state index contributed by atoms with van der Waals surface area (Å²) < 4.78 is 8.69. The van der Waals surface area contributed by atoms with Gasteiger partial charge >= 0.3 is 0 Å². The number of hydrogen-bond donors (Lipinski definition) is 0. The van der Waals surface area contributed by atoms with Crippen LogP contribution in [0.25, 0.3) is 95.3 Å². The molecule has 0 aliphatic heterocycles. The maximum Gasteiger partial charge on any atom is 0.164 e. The summed E-state index contributed by atoms with van der Waals surface area (Å²) in [5, 5.41) is 1.90. The average Bonchev–Trinajstić information content (AvgIpc) is 3.80. The Morgan fingerprint density at radius 3 is 1.85 bits per heavy atom. The summed E-state index contributed by atoms with van der Waals surface area (Å²) in [6, 6.07) is 59.7. The van der Waals surface area contributed by atoms with Crippen molar-refractivity contribution in [3.63, 3.8) is 0 Å². The molecule has 52 heavy (non-hydrogen) atoms. The Bertz CT molecular complexity index is 2900. The number of nitrogens with zero attached hydrogens (tertiary/aromatic N) is 5. The summed E-state index contributed by atoms with van der Waals surface area (Å²) in [7, 11) is 0. The molecule has 10 aromatic rings. The quantitative estimate of drug-likeness (QED) is 0.176. The molecule has 0 saturated heterocycles. The van der Waals surface area contributed by atoms with Gasteiger partial charge in [0.15, 0.2) is 17.5 Å². The van der Waals surface area contributed by atoms with Crippen LogP contribution in [0.5, 0.6) is 0 Å². The van der Waals surface area contributed by atoms with Crippen molar-refractivity contribution in [3.05, 3.63) is 176 Å². The number of furan rings is 1. The van der Waals surface area contributed by atoms with Crippen LogP contribution in [0.2, 0.25) is 0 Å². The lowest BCUT2D eigenvalue weighted by Gasteiger charge is -2.11. The van der Waals surface area contributed by atoms with E-state index in [0.717, 1.165) is 77.9 Å². The highest BCUT2D eigenvalue weighted by Crippen LogP contribution is 2.39. The Labute approximate surface area is 299 Å². The molecule has 10 rings (SSSR count). The summed E-state index contributed by atoms with van der Waals surface area (Å²) in [5.74, 6) is 2.63. The lowest BCUT2D eigenvalue weighted by atomic mass is 10.0. The lowest BCUT2D eigenvalue weighted by molar-refractivity contribution is 0.669. The van der Waals surface area contributed by atoms with E-state index < -0.39 is 0 Å². The van der Waals surface area contributed by atoms with E-state index in [1.54, 1.807) is 0 Å². The molecular weight excluding hydrogens is 639 g/mol. The molecule has 0 spiro atoms. The van der Waals surface area contributed by atoms with E-state index in [4.69, 9.17) is 24.4 Å². The lowest BCUT2D eigenvalue weighted by Crippen LogP contribution is -2.00. The Kier molecular flexibility index (Phi) is 7.03. The fraction of sp³-hybridized carbons (Fsp3) is 0. The monoisotopic (exact) mass is 667 g/mol. The molecule has 0 radical (unpaired) electrons. The summed E-state index contributed by atoms with van der Waals surface area (Å²) in [4.78, 5) is 20.4. The van der Waals surface area contributed by atoms with Crippen LogP contribution >= 0.6 is 0 Å². The molecule has 0 fully saturated rings. The molecule has 7 aromatic carbocycles. The second-order valence-corrected chi connectivity index (χ2v) is 12.7. The van der Waals surface area contributed by atoms with Crippen molar-refractivity contribution in [3.8, 4) is 62.4 Å². The van der Waals surface area contributed by atoms with Crippen LogP contribution in [-0.4, -0.2) is 24.5 Å². The summed E-state index contributed by atoms with van der Waals surface area (Å²) in [6.07, 6.45) is 0. The fourth-order valence-corrected chi connectivity index (χ4v) is 7.02. The first kappa shape index (κ1) is 29.7. The molecule has 0 aliphatic carbocycles. The van der Waals surface area contributed by atoms with Crippen molar-refractivity contribution in [2.75, 3.05) is 0 Å². The van der Waals surface area contributed by atoms with E-state index in [1.807, 2.05) is 66.7 Å². The van der Waals surface area contributed by atoms with Gasteiger partial charge in [0.25, 0.3) is 0 Å². The van der Waals surface area contributed by atoms with E-state index in [0.29, 0.717) is 17.5 Å². The van der Waals surface area contributed by atoms with E-state index >= 15 is 0 Å². The van der Waals surface area contributed by atoms with Crippen molar-refractivity contribution in [1.82, 2.24) is 24.5 Å². The first-order valence-electron chi connectivity index (χ1n) is 17.2. The third-order valence-corrected chi connectivity index (χ3v) is 9.46. The third-order valence-electron chi connectivity index (χ3n) is 9.46. The number of hydrogen-bond acceptors (Lipinski definition) is 5. The standard InChI is InChI=1S/C46H29N5O/c1-4-14-30(15-5-1)32-18-12-19-33(28-32)44-48-43(31-16-6-2-7-17-31)49-45(50-44)36-22-13-25-41-42(36)37-29-34(26-27-40(37)52-41)46-47-38-23-10-11-24-39(38)51(46)35-20-8-3-9-21-35/h1-29H. The number of fused-ring (bicyclic) bond motifs is 4. The van der Waals surface area contributed by atoms with Crippen molar-refractivity contribution in [2.24, 2.45) is 0 Å². The minimum absolute atomic E-state index is 0.573. The van der Waals surface area contributed by atoms with Gasteiger partial charge < -0.3 is 4.42 Å². The van der Waals surface area contributed by atoms with Gasteiger partial charge in [-0.05, 0) is 65.7 Å². The van der Waals surface area contributed by atoms with E-state index in [2.05, 4.69) is 114 Å². The van der Waals surface area contributed by atoms with Crippen LogP contribution in [0, 0.1) is 0 Å². The highest BCUT2D eigenvalue weighted by atomic mass is 16.3. The van der Waals surface area contributed by atoms with Gasteiger partial charge in [-0.25, -0.2) is 19.9 Å². The maximum atomic E-state index is 6.48. The highest BCUT2D eigenvalue weighted by molar-refractivity contribution is 6.12. The molecule has 3 heterocycles. The molecule has 0 aliphatic rings. The van der Waals surface area contributed by atoms with Gasteiger partial charge in [0, 0.05) is 38.7 Å². The summed E-state index contributed by atoms with van der Waals surface area (Å²) in [6.45, 7) is 0. The molecule has 0 saturated carbocycles. The molecule has 3 aromatic heterocycles. The largest absolute Gasteiger partial charge is 0.456 e. The zero-order chi connectivity index (χ0) is 34.4. The molecule has 244 valence electrons. The van der Waals surface area contributed by atoms with Crippen molar-refractivity contribution < 1.29 is 4.42 Å². The third kappa shape index (κ3) is 5.13. The van der Waals surface area contributed by atoms with Crippen molar-refractivity contribution >= 4 is 33.0 Å². The predicted octanol–water partition coefficient (Wildman–Crippen LogP) is 11.4. The smallest absolute Gasteiger partial charge is 0.164 e. The minimum Gasteiger partial charge on any atom is -0.456 e. The van der Waals surface area contributed by atoms with Crippen LogP contribution in [0.15, 0.2) is 180 Å². The molecule has 0 atom stereocenters. The number of para-hydroxylation sites is 3. The maximum absolute atomic E-state index is 6.48. The van der Waals surface area contributed by atoms with Gasteiger partial charge in [-0.15, -0.1) is 0 Å². The Morgan fingerprint density at radius 2 is 1.04 bits per heavy atom. The average molecular weight is 668 g/mol. The predicted molar refractivity (Wildman–Crippen MR) is 209 cm³/mol. The summed E-state index contributed by atoms with van der Waals surface area (Å²) >= 11 is 0. The topological polar surface area (TPSA) is 69.6 Å². The molecule has 0 unspecified atom stereocenters. The Balaban J connectivity index is 1.18. The Morgan fingerprint density at radius 1 is 0.404 bits per heavy atom. The van der Waals surface area contributed by atoms with Crippen LogP contribution in [0.1, 0.15) is 0 Å². The Hall–Kier alpha value is -7.18. The molecule has 6 nitrogen and oxygen atoms in total. The minimum atomic E-state index is 0.573. The zero-order valence-corrected chi connectivity index (χ0v) is 27.9. The highest BCUT2D eigenvalue weighted by Gasteiger charge is 2.20. The second kappa shape index (κ2) is 12.3. The van der Waals surface area contributed by atoms with Crippen LogP contribution < -0.4 is 0 Å². The molecule has 6 heteroatoms. The van der Waals surface area contributed by atoms with Crippen LogP contribution in [0.4, 0.5) is 0 Å². The molecular formula is C46H29N5O. The van der Waals surface area contributed by atoms with Crippen molar-refractivity contribution in [1.29, 1.82) is 0 Å². The van der Waals surface area contributed by atoms with E-state index in [1.165, 1.54) is 0 Å². The number of rotatable bonds is 6. The first-order chi connectivity index (χ1) is 25.8. The second-order valence-electron chi connectivity index (χ2n) is 12.7. The van der Waals surface area contributed by atoms with Gasteiger partial charge in [0.2, 0.25) is 0 Å². The number of aromatic nitrogens is 5.